The van der Waals surface area contributed by atoms with E-state index in [2.05, 4.69) is 0 Å². The number of nitrogen functional groups attached to an aromatic ring is 1. The molecule has 2 rings (SSSR count). The summed E-state index contributed by atoms with van der Waals surface area (Å²) in [5.41, 5.74) is 5.64. The van der Waals surface area contributed by atoms with Gasteiger partial charge >= 0.3 is 5.97 Å². The predicted molar refractivity (Wildman–Crippen MR) is 63.8 cm³/mol. The smallest absolute Gasteiger partial charge is 0.340 e. The van der Waals surface area contributed by atoms with Crippen LogP contribution in [0.3, 0.4) is 0 Å². The monoisotopic (exact) mass is 238 g/mol. The van der Waals surface area contributed by atoms with Crippen LogP contribution in [0.15, 0.2) is 12.1 Å². The highest BCUT2D eigenvalue weighted by molar-refractivity contribution is 6.00. The van der Waals surface area contributed by atoms with Gasteiger partial charge in [-0.2, -0.15) is 0 Å². The van der Waals surface area contributed by atoms with E-state index in [1.807, 2.05) is 4.90 Å². The number of carboxylic acid groups (broad SMARTS) is 1. The minimum absolute atomic E-state index is 0.119. The first kappa shape index (κ1) is 11.7. The van der Waals surface area contributed by atoms with E-state index in [4.69, 9.17) is 10.8 Å². The lowest BCUT2D eigenvalue weighted by Crippen LogP contribution is -2.31. The molecule has 1 aliphatic heterocycles. The second kappa shape index (κ2) is 4.61. The fraction of sp³-hybridized carbons (Fsp3) is 0.417. The van der Waals surface area contributed by atoms with Gasteiger partial charge in [-0.3, -0.25) is 0 Å². The molecule has 17 heavy (non-hydrogen) atoms. The molecule has 0 amide bonds. The Bertz CT molecular complexity index is 442. The average Bonchev–Trinajstić information content (AvgIpc) is 2.33. The fourth-order valence-corrected chi connectivity index (χ4v) is 2.21. The summed E-state index contributed by atoms with van der Waals surface area (Å²) in [5.74, 6) is -1.86. The van der Waals surface area contributed by atoms with Crippen LogP contribution in [0.4, 0.5) is 15.8 Å². The van der Waals surface area contributed by atoms with Crippen molar-refractivity contribution >= 4 is 17.3 Å². The van der Waals surface area contributed by atoms with Crippen molar-refractivity contribution in [1.29, 1.82) is 0 Å². The quantitative estimate of drug-likeness (QED) is 0.774. The summed E-state index contributed by atoms with van der Waals surface area (Å²) in [6.45, 7) is 1.59. The number of benzene rings is 1. The highest BCUT2D eigenvalue weighted by Crippen LogP contribution is 2.30. The number of anilines is 2. The van der Waals surface area contributed by atoms with Gasteiger partial charge in [0.1, 0.15) is 11.4 Å². The molecule has 4 nitrogen and oxygen atoms in total. The van der Waals surface area contributed by atoms with Crippen LogP contribution < -0.4 is 10.6 Å². The maximum absolute atomic E-state index is 13.3. The number of piperidine rings is 1. The lowest BCUT2D eigenvalue weighted by Gasteiger charge is -2.30. The Balaban J connectivity index is 2.45. The van der Waals surface area contributed by atoms with Crippen LogP contribution in [0.5, 0.6) is 0 Å². The predicted octanol–water partition coefficient (Wildman–Crippen LogP) is 2.10. The van der Waals surface area contributed by atoms with Crippen LogP contribution >= 0.6 is 0 Å². The van der Waals surface area contributed by atoms with E-state index in [0.29, 0.717) is 5.69 Å². The highest BCUT2D eigenvalue weighted by atomic mass is 19.1. The van der Waals surface area contributed by atoms with E-state index in [-0.39, 0.29) is 11.3 Å². The zero-order valence-corrected chi connectivity index (χ0v) is 9.45. The first-order valence-corrected chi connectivity index (χ1v) is 5.67. The third kappa shape index (κ3) is 2.18. The van der Waals surface area contributed by atoms with Crippen molar-refractivity contribution in [3.8, 4) is 0 Å². The molecule has 0 aromatic heterocycles. The minimum Gasteiger partial charge on any atom is -0.478 e. The van der Waals surface area contributed by atoms with Crippen molar-refractivity contribution in [3.05, 3.63) is 23.5 Å². The molecule has 0 bridgehead atoms. The van der Waals surface area contributed by atoms with Gasteiger partial charge in [0.15, 0.2) is 0 Å². The van der Waals surface area contributed by atoms with Crippen LogP contribution in [0.2, 0.25) is 0 Å². The van der Waals surface area contributed by atoms with E-state index >= 15 is 0 Å². The normalized spacial score (nSPS) is 15.9. The SMILES string of the molecule is Nc1c(F)ccc(N2CCCCC2)c1C(=O)O. The van der Waals surface area contributed by atoms with Crippen molar-refractivity contribution < 1.29 is 14.3 Å². The Labute approximate surface area is 98.8 Å². The van der Waals surface area contributed by atoms with E-state index in [0.717, 1.165) is 32.4 Å². The summed E-state index contributed by atoms with van der Waals surface area (Å²) in [7, 11) is 0. The summed E-state index contributed by atoms with van der Waals surface area (Å²) in [5, 5.41) is 9.13. The number of carbonyl (C=O) groups is 1. The van der Waals surface area contributed by atoms with E-state index in [1.165, 1.54) is 12.1 Å². The number of aromatic carboxylic acids is 1. The van der Waals surface area contributed by atoms with Gasteiger partial charge in [-0.15, -0.1) is 0 Å². The number of nitrogens with two attached hydrogens (primary N) is 1. The van der Waals surface area contributed by atoms with Gasteiger partial charge < -0.3 is 15.7 Å². The van der Waals surface area contributed by atoms with E-state index in [9.17, 15) is 9.18 Å². The molecule has 0 atom stereocenters. The van der Waals surface area contributed by atoms with Crippen molar-refractivity contribution in [3.63, 3.8) is 0 Å². The second-order valence-corrected chi connectivity index (χ2v) is 4.21. The Morgan fingerprint density at radius 2 is 1.94 bits per heavy atom. The zero-order chi connectivity index (χ0) is 12.4. The number of hydrogen-bond acceptors (Lipinski definition) is 3. The van der Waals surface area contributed by atoms with E-state index < -0.39 is 11.8 Å². The summed E-state index contributed by atoms with van der Waals surface area (Å²) in [4.78, 5) is 13.1. The molecule has 1 aromatic rings. The Kier molecular flexibility index (Phi) is 3.17. The number of nitrogens with zero attached hydrogens (tertiary/aromatic N) is 1. The molecule has 3 N–H and O–H groups in total. The van der Waals surface area contributed by atoms with Gasteiger partial charge in [0.2, 0.25) is 0 Å². The molecule has 0 radical (unpaired) electrons. The molecule has 92 valence electrons. The summed E-state index contributed by atoms with van der Waals surface area (Å²) < 4.78 is 13.3. The first-order chi connectivity index (χ1) is 8.11. The summed E-state index contributed by atoms with van der Waals surface area (Å²) in [6.07, 6.45) is 3.20. The van der Waals surface area contributed by atoms with Crippen molar-refractivity contribution in [1.82, 2.24) is 0 Å². The van der Waals surface area contributed by atoms with E-state index in [1.54, 1.807) is 0 Å². The number of carboxylic acids is 1. The molecule has 0 spiro atoms. The van der Waals surface area contributed by atoms with Gasteiger partial charge in [0.25, 0.3) is 0 Å². The molecule has 0 aliphatic carbocycles. The van der Waals surface area contributed by atoms with Crippen molar-refractivity contribution in [2.24, 2.45) is 0 Å². The zero-order valence-electron chi connectivity index (χ0n) is 9.45. The Morgan fingerprint density at radius 1 is 1.29 bits per heavy atom. The maximum atomic E-state index is 13.3. The molecule has 1 aliphatic rings. The standard InChI is InChI=1S/C12H15FN2O2/c13-8-4-5-9(10(11(8)14)12(16)17)15-6-2-1-3-7-15/h4-5H,1-3,6-7,14H2,(H,16,17). The highest BCUT2D eigenvalue weighted by Gasteiger charge is 2.22. The van der Waals surface area contributed by atoms with Crippen LogP contribution in [0, 0.1) is 5.82 Å². The summed E-state index contributed by atoms with van der Waals surface area (Å²) in [6, 6.07) is 2.73. The van der Waals surface area contributed by atoms with Gasteiger partial charge in [0.05, 0.1) is 11.4 Å². The number of hydrogen-bond donors (Lipinski definition) is 2. The lowest BCUT2D eigenvalue weighted by atomic mass is 10.1. The minimum atomic E-state index is -1.18. The number of rotatable bonds is 2. The van der Waals surface area contributed by atoms with Crippen LogP contribution in [-0.4, -0.2) is 24.2 Å². The molecule has 1 fully saturated rings. The molecule has 0 saturated carbocycles. The molecule has 1 saturated heterocycles. The first-order valence-electron chi connectivity index (χ1n) is 5.67. The molecule has 0 unspecified atom stereocenters. The lowest BCUT2D eigenvalue weighted by molar-refractivity contribution is 0.0698. The third-order valence-electron chi connectivity index (χ3n) is 3.08. The average molecular weight is 238 g/mol. The maximum Gasteiger partial charge on any atom is 0.340 e. The summed E-state index contributed by atoms with van der Waals surface area (Å²) >= 11 is 0. The van der Waals surface area contributed by atoms with Crippen LogP contribution in [-0.2, 0) is 0 Å². The third-order valence-corrected chi connectivity index (χ3v) is 3.08. The number of halogens is 1. The molecular weight excluding hydrogens is 223 g/mol. The van der Waals surface area contributed by atoms with Crippen LogP contribution in [0.1, 0.15) is 29.6 Å². The van der Waals surface area contributed by atoms with Crippen molar-refractivity contribution in [2.45, 2.75) is 19.3 Å². The topological polar surface area (TPSA) is 66.6 Å². The molecular formula is C12H15FN2O2. The largest absolute Gasteiger partial charge is 0.478 e. The second-order valence-electron chi connectivity index (χ2n) is 4.21. The van der Waals surface area contributed by atoms with Crippen molar-refractivity contribution in [2.75, 3.05) is 23.7 Å². The molecule has 1 aromatic carbocycles. The van der Waals surface area contributed by atoms with Gasteiger partial charge in [-0.1, -0.05) is 0 Å². The van der Waals surface area contributed by atoms with Gasteiger partial charge in [-0.05, 0) is 31.4 Å². The Morgan fingerprint density at radius 3 is 2.53 bits per heavy atom. The fourth-order valence-electron chi connectivity index (χ4n) is 2.21. The van der Waals surface area contributed by atoms with Gasteiger partial charge in [-0.25, -0.2) is 9.18 Å². The van der Waals surface area contributed by atoms with Gasteiger partial charge in [0, 0.05) is 13.1 Å². The Hall–Kier alpha value is -1.78. The van der Waals surface area contributed by atoms with Crippen LogP contribution in [0.25, 0.3) is 0 Å². The molecule has 1 heterocycles. The molecule has 5 heteroatoms.